The van der Waals surface area contributed by atoms with Crippen molar-refractivity contribution in [2.45, 2.75) is 171 Å². The van der Waals surface area contributed by atoms with Crippen LogP contribution in [0.2, 0.25) is 0 Å². The molecule has 0 atom stereocenters. The number of benzene rings is 8. The predicted octanol–water partition coefficient (Wildman–Crippen LogP) is 18.5. The van der Waals surface area contributed by atoms with Crippen molar-refractivity contribution in [1.29, 1.82) is 0 Å². The quantitative estimate of drug-likeness (QED) is 0.126. The number of fused-ring (bicyclic) bond motifs is 9. The molecular formula is C73H78BN4S2+. The molecule has 4 aliphatic rings. The largest absolute Gasteiger partial charge is 0.309 e. The molecule has 8 aromatic carbocycles. The van der Waals surface area contributed by atoms with Crippen molar-refractivity contribution in [3.63, 3.8) is 0 Å². The average molecular weight is 1090 g/mol. The molecule has 0 amide bonds. The van der Waals surface area contributed by atoms with Gasteiger partial charge in [-0.1, -0.05) is 201 Å². The van der Waals surface area contributed by atoms with Crippen molar-refractivity contribution in [3.8, 4) is 28.2 Å². The molecular weight excluding hydrogens is 1010 g/mol. The third-order valence-electron chi connectivity index (χ3n) is 17.9. The van der Waals surface area contributed by atoms with Crippen LogP contribution < -0.4 is 30.8 Å². The highest BCUT2D eigenvalue weighted by Gasteiger charge is 2.49. The fraction of sp³-hybridized carbons (Fsp3) is 0.329. The maximum atomic E-state index is 2.71. The molecule has 0 radical (unpaired) electrons. The molecule has 80 heavy (non-hydrogen) atoms. The Morgan fingerprint density at radius 1 is 0.450 bits per heavy atom. The number of aromatic nitrogens is 2. The Morgan fingerprint density at radius 2 is 0.900 bits per heavy atom. The van der Waals surface area contributed by atoms with Crippen LogP contribution in [0, 0.1) is 6.92 Å². The lowest BCUT2D eigenvalue weighted by Gasteiger charge is -2.48. The topological polar surface area (TPSA) is 15.3 Å². The highest BCUT2D eigenvalue weighted by atomic mass is 32.2. The summed E-state index contributed by atoms with van der Waals surface area (Å²) in [5.41, 5.74) is 28.5. The molecule has 0 bridgehead atoms. The van der Waals surface area contributed by atoms with Gasteiger partial charge in [0.1, 0.15) is 5.69 Å². The molecule has 0 unspecified atom stereocenters. The van der Waals surface area contributed by atoms with Crippen LogP contribution in [0.25, 0.3) is 39.2 Å². The van der Waals surface area contributed by atoms with Gasteiger partial charge in [0.05, 0.1) is 35.4 Å². The molecule has 0 fully saturated rings. The Bertz CT molecular complexity index is 3920. The van der Waals surface area contributed by atoms with Crippen molar-refractivity contribution in [3.05, 3.63) is 172 Å². The minimum absolute atomic E-state index is 0.0104. The van der Waals surface area contributed by atoms with Crippen LogP contribution in [0.4, 0.5) is 34.1 Å². The Morgan fingerprint density at radius 3 is 1.36 bits per heavy atom. The van der Waals surface area contributed by atoms with Crippen LogP contribution in [0.3, 0.4) is 0 Å². The average Bonchev–Trinajstić information content (AvgIpc) is 1.10. The van der Waals surface area contributed by atoms with Crippen molar-refractivity contribution in [1.82, 2.24) is 4.57 Å². The van der Waals surface area contributed by atoms with Crippen molar-refractivity contribution in [2.75, 3.05) is 9.80 Å². The van der Waals surface area contributed by atoms with Gasteiger partial charge in [0.2, 0.25) is 0 Å². The van der Waals surface area contributed by atoms with E-state index in [1.165, 1.54) is 148 Å². The molecule has 404 valence electrons. The molecule has 7 heteroatoms. The highest BCUT2D eigenvalue weighted by Crippen LogP contribution is 2.59. The molecule has 0 N–H and O–H groups in total. The number of rotatable bonds is 5. The Labute approximate surface area is 486 Å². The van der Waals surface area contributed by atoms with Gasteiger partial charge in [-0.25, -0.2) is 4.57 Å². The first kappa shape index (κ1) is 52.9. The number of para-hydroxylation sites is 2. The molecule has 13 rings (SSSR count). The first-order valence-corrected chi connectivity index (χ1v) is 30.9. The molecule has 5 heterocycles. The van der Waals surface area contributed by atoms with Gasteiger partial charge < -0.3 is 9.80 Å². The summed E-state index contributed by atoms with van der Waals surface area (Å²) in [6, 6.07) is 53.2. The van der Waals surface area contributed by atoms with E-state index in [2.05, 4.69) is 277 Å². The summed E-state index contributed by atoms with van der Waals surface area (Å²) in [6.45, 7) is 40.1. The van der Waals surface area contributed by atoms with Gasteiger partial charge >= 0.3 is 0 Å². The van der Waals surface area contributed by atoms with E-state index >= 15 is 0 Å². The number of nitrogens with zero attached hydrogens (tertiary/aromatic N) is 4. The second kappa shape index (κ2) is 18.0. The van der Waals surface area contributed by atoms with E-state index in [9.17, 15) is 0 Å². The minimum atomic E-state index is -0.0745. The van der Waals surface area contributed by atoms with Crippen LogP contribution in [0.15, 0.2) is 153 Å². The molecule has 0 saturated heterocycles. The van der Waals surface area contributed by atoms with Gasteiger partial charge in [0, 0.05) is 47.6 Å². The summed E-state index contributed by atoms with van der Waals surface area (Å²) < 4.78 is 5.15. The van der Waals surface area contributed by atoms with Gasteiger partial charge in [-0.05, 0) is 157 Å². The Kier molecular flexibility index (Phi) is 11.9. The first-order chi connectivity index (χ1) is 37.7. The monoisotopic (exact) mass is 1090 g/mol. The van der Waals surface area contributed by atoms with Gasteiger partial charge in [-0.2, -0.15) is 4.57 Å². The van der Waals surface area contributed by atoms with Crippen LogP contribution in [0.5, 0.6) is 0 Å². The minimum Gasteiger partial charge on any atom is -0.309 e. The summed E-state index contributed by atoms with van der Waals surface area (Å²) in [5, 5.41) is 0. The second-order valence-electron chi connectivity index (χ2n) is 28.2. The van der Waals surface area contributed by atoms with Gasteiger partial charge in [0.15, 0.2) is 11.0 Å². The van der Waals surface area contributed by atoms with E-state index in [4.69, 9.17) is 0 Å². The number of anilines is 6. The zero-order chi connectivity index (χ0) is 56.6. The SMILES string of the molecule is Cc1ccccc1-c1n(-c2c(C(C)C)cccc2C(C)C)c2c(-c3cc4c5c(c3)N3c6ccc(C(C)(C)C)cc6Sc6cc(C(C)(C)C)cc(c63)B5c3cc(C(C)(C)C)cc5c3N4c3ccc(C(C)(C)C)cc3S5)cccc2[n+]1C. The number of hydrogen-bond acceptors (Lipinski definition) is 4. The molecule has 1 aromatic heterocycles. The highest BCUT2D eigenvalue weighted by molar-refractivity contribution is 8.00. The molecule has 9 aromatic rings. The lowest BCUT2D eigenvalue weighted by molar-refractivity contribution is -0.633. The number of aryl methyl sites for hydroxylation is 2. The number of hydrogen-bond donors (Lipinski definition) is 0. The van der Waals surface area contributed by atoms with Gasteiger partial charge in [-0.15, -0.1) is 0 Å². The van der Waals surface area contributed by atoms with E-state index in [1.54, 1.807) is 0 Å². The standard InChI is InChI=1S/C73H78BN4S2/c1-41(2)49-25-21-26-50(42(3)4)65(49)78-66-52(27-22-28-57(66)75(18)69(78)51-24-20-19-23-43(51)5)44-33-58-64-59(34-44)77-56-32-30-46(71(9,10)11)38-61(56)80-63-40-48(73(15,16)17)36-54(68(63)77)74(64)53-35-47(72(12,13)14)39-62-67(53)76(58)55-31-29-45(70(6,7)8)37-60(55)79-62/h19-42H,1-18H3/q+1. The summed E-state index contributed by atoms with van der Waals surface area (Å²) in [7, 11) is 2.29. The van der Waals surface area contributed by atoms with E-state index in [0.29, 0.717) is 11.8 Å². The third kappa shape index (κ3) is 8.05. The lowest BCUT2D eigenvalue weighted by Crippen LogP contribution is -2.62. The maximum Gasteiger partial charge on any atom is 0.295 e. The van der Waals surface area contributed by atoms with Crippen LogP contribution >= 0.6 is 23.5 Å². The van der Waals surface area contributed by atoms with E-state index in [-0.39, 0.29) is 28.4 Å². The summed E-state index contributed by atoms with van der Waals surface area (Å²) in [6.07, 6.45) is 0. The third-order valence-corrected chi connectivity index (χ3v) is 20.0. The molecule has 0 aliphatic carbocycles. The zero-order valence-corrected chi connectivity index (χ0v) is 52.2. The van der Waals surface area contributed by atoms with E-state index in [0.717, 1.165) is 0 Å². The van der Waals surface area contributed by atoms with E-state index < -0.39 is 0 Å². The summed E-state index contributed by atoms with van der Waals surface area (Å²) in [5.74, 6) is 1.78. The Balaban J connectivity index is 1.22. The Hall–Kier alpha value is -6.41. The van der Waals surface area contributed by atoms with E-state index in [1.807, 2.05) is 23.5 Å². The number of imidazole rings is 1. The normalized spacial score (nSPS) is 14.4. The fourth-order valence-electron chi connectivity index (χ4n) is 13.3. The zero-order valence-electron chi connectivity index (χ0n) is 50.5. The van der Waals surface area contributed by atoms with Gasteiger partial charge in [0.25, 0.3) is 12.5 Å². The molecule has 0 spiro atoms. The maximum absolute atomic E-state index is 2.71. The first-order valence-electron chi connectivity index (χ1n) is 29.2. The van der Waals surface area contributed by atoms with Crippen molar-refractivity contribution >= 4 is 91.8 Å². The van der Waals surface area contributed by atoms with Crippen LogP contribution in [0.1, 0.15) is 162 Å². The van der Waals surface area contributed by atoms with Gasteiger partial charge in [-0.3, -0.25) is 0 Å². The van der Waals surface area contributed by atoms with Crippen molar-refractivity contribution in [2.24, 2.45) is 7.05 Å². The van der Waals surface area contributed by atoms with Crippen molar-refractivity contribution < 1.29 is 4.57 Å². The lowest BCUT2D eigenvalue weighted by atomic mass is 9.33. The fourth-order valence-corrected chi connectivity index (χ4v) is 15.7. The summed E-state index contributed by atoms with van der Waals surface area (Å²) >= 11 is 3.94. The summed E-state index contributed by atoms with van der Waals surface area (Å²) in [4.78, 5) is 10.7. The molecule has 4 aliphatic heterocycles. The van der Waals surface area contributed by atoms with Crippen LogP contribution in [-0.4, -0.2) is 11.3 Å². The van der Waals surface area contributed by atoms with Crippen LogP contribution in [-0.2, 0) is 28.7 Å². The smallest absolute Gasteiger partial charge is 0.295 e. The predicted molar refractivity (Wildman–Crippen MR) is 345 cm³/mol. The molecule has 4 nitrogen and oxygen atoms in total. The molecule has 0 saturated carbocycles. The second-order valence-corrected chi connectivity index (χ2v) is 30.4.